The number of Topliss-reactive ketones (excluding diaryl/α,β-unsaturated/α-hetero) is 1. The first-order chi connectivity index (χ1) is 9.19. The maximum atomic E-state index is 11.8. The van der Waals surface area contributed by atoms with Gasteiger partial charge in [-0.3, -0.25) is 4.79 Å². The Kier molecular flexibility index (Phi) is 4.82. The third-order valence-electron chi connectivity index (χ3n) is 2.95. The summed E-state index contributed by atoms with van der Waals surface area (Å²) in [6.45, 7) is 2.55. The summed E-state index contributed by atoms with van der Waals surface area (Å²) in [6.07, 6.45) is 0.957. The first kappa shape index (κ1) is 13.9. The molecule has 1 aromatic carbocycles. The van der Waals surface area contributed by atoms with Gasteiger partial charge < -0.3 is 5.73 Å². The van der Waals surface area contributed by atoms with E-state index in [4.69, 9.17) is 5.73 Å². The molecule has 2 N–H and O–H groups in total. The minimum atomic E-state index is 0.215. The maximum absolute atomic E-state index is 11.8. The van der Waals surface area contributed by atoms with E-state index in [1.807, 2.05) is 42.6 Å². The van der Waals surface area contributed by atoms with Gasteiger partial charge in [0.05, 0.1) is 12.1 Å². The van der Waals surface area contributed by atoms with Crippen LogP contribution in [-0.2, 0) is 11.2 Å². The predicted molar refractivity (Wildman–Crippen MR) is 79.1 cm³/mol. The fourth-order valence-corrected chi connectivity index (χ4v) is 2.68. The minimum absolute atomic E-state index is 0.215. The number of benzene rings is 1. The number of nitrogens with two attached hydrogens (primary N) is 1. The highest BCUT2D eigenvalue weighted by molar-refractivity contribution is 7.10. The van der Waals surface area contributed by atoms with Gasteiger partial charge in [-0.15, -0.1) is 11.3 Å². The van der Waals surface area contributed by atoms with Crippen LogP contribution in [0.25, 0.3) is 11.3 Å². The lowest BCUT2D eigenvalue weighted by Gasteiger charge is -2.05. The van der Waals surface area contributed by atoms with E-state index < -0.39 is 0 Å². The Bertz CT molecular complexity index is 536. The summed E-state index contributed by atoms with van der Waals surface area (Å²) in [4.78, 5) is 16.4. The molecular formula is C15H18N2OS. The molecule has 1 heterocycles. The SMILES string of the molecule is CC(CN)CC(=O)Cc1nc(-c2ccccc2)cs1. The van der Waals surface area contributed by atoms with Gasteiger partial charge in [-0.25, -0.2) is 4.98 Å². The van der Waals surface area contributed by atoms with E-state index in [9.17, 15) is 4.79 Å². The van der Waals surface area contributed by atoms with Crippen molar-refractivity contribution in [3.8, 4) is 11.3 Å². The van der Waals surface area contributed by atoms with Crippen LogP contribution in [0.5, 0.6) is 0 Å². The molecule has 0 aliphatic heterocycles. The zero-order valence-corrected chi connectivity index (χ0v) is 11.8. The largest absolute Gasteiger partial charge is 0.330 e. The fourth-order valence-electron chi connectivity index (χ4n) is 1.85. The quantitative estimate of drug-likeness (QED) is 0.881. The Morgan fingerprint density at radius 3 is 2.79 bits per heavy atom. The van der Waals surface area contributed by atoms with Crippen molar-refractivity contribution in [2.24, 2.45) is 11.7 Å². The molecule has 100 valence electrons. The van der Waals surface area contributed by atoms with Gasteiger partial charge in [-0.2, -0.15) is 0 Å². The Morgan fingerprint density at radius 2 is 2.11 bits per heavy atom. The van der Waals surface area contributed by atoms with Gasteiger partial charge in [0.25, 0.3) is 0 Å². The second-order valence-electron chi connectivity index (χ2n) is 4.75. The van der Waals surface area contributed by atoms with Crippen molar-refractivity contribution in [2.75, 3.05) is 6.54 Å². The number of carbonyl (C=O) groups is 1. The molecular weight excluding hydrogens is 256 g/mol. The third kappa shape index (κ3) is 3.98. The number of rotatable bonds is 6. The normalized spacial score (nSPS) is 12.3. The molecule has 0 saturated heterocycles. The summed E-state index contributed by atoms with van der Waals surface area (Å²) in [5.41, 5.74) is 7.56. The Hall–Kier alpha value is -1.52. The number of hydrogen-bond donors (Lipinski definition) is 1. The van der Waals surface area contributed by atoms with E-state index in [1.54, 1.807) is 11.3 Å². The topological polar surface area (TPSA) is 56.0 Å². The molecule has 1 unspecified atom stereocenters. The van der Waals surface area contributed by atoms with Crippen LogP contribution in [0, 0.1) is 5.92 Å². The van der Waals surface area contributed by atoms with Crippen molar-refractivity contribution in [1.29, 1.82) is 0 Å². The molecule has 0 radical (unpaired) electrons. The van der Waals surface area contributed by atoms with Crippen LogP contribution in [-0.4, -0.2) is 17.3 Å². The van der Waals surface area contributed by atoms with Crippen LogP contribution in [0.1, 0.15) is 18.4 Å². The molecule has 0 bridgehead atoms. The van der Waals surface area contributed by atoms with Crippen LogP contribution in [0.15, 0.2) is 35.7 Å². The molecule has 0 saturated carbocycles. The summed E-state index contributed by atoms with van der Waals surface area (Å²) in [5.74, 6) is 0.466. The Morgan fingerprint density at radius 1 is 1.37 bits per heavy atom. The zero-order valence-electron chi connectivity index (χ0n) is 11.0. The van der Waals surface area contributed by atoms with Gasteiger partial charge in [0.1, 0.15) is 10.8 Å². The second-order valence-corrected chi connectivity index (χ2v) is 5.70. The van der Waals surface area contributed by atoms with Crippen molar-refractivity contribution >= 4 is 17.1 Å². The van der Waals surface area contributed by atoms with Crippen LogP contribution in [0.3, 0.4) is 0 Å². The molecule has 0 fully saturated rings. The monoisotopic (exact) mass is 274 g/mol. The molecule has 4 heteroatoms. The summed E-state index contributed by atoms with van der Waals surface area (Å²) < 4.78 is 0. The van der Waals surface area contributed by atoms with Gasteiger partial charge in [-0.1, -0.05) is 37.3 Å². The number of carbonyl (C=O) groups excluding carboxylic acids is 1. The lowest BCUT2D eigenvalue weighted by atomic mass is 10.0. The molecule has 0 amide bonds. The summed E-state index contributed by atoms with van der Waals surface area (Å²) in [6, 6.07) is 10.0. The highest BCUT2D eigenvalue weighted by Gasteiger charge is 2.11. The molecule has 2 rings (SSSR count). The number of hydrogen-bond acceptors (Lipinski definition) is 4. The number of aromatic nitrogens is 1. The van der Waals surface area contributed by atoms with Crippen molar-refractivity contribution in [1.82, 2.24) is 4.98 Å². The maximum Gasteiger partial charge on any atom is 0.140 e. The summed E-state index contributed by atoms with van der Waals surface area (Å²) >= 11 is 1.54. The van der Waals surface area contributed by atoms with Crippen LogP contribution < -0.4 is 5.73 Å². The predicted octanol–water partition coefficient (Wildman–Crippen LogP) is 2.91. The average molecular weight is 274 g/mol. The van der Waals surface area contributed by atoms with Crippen molar-refractivity contribution in [2.45, 2.75) is 19.8 Å². The van der Waals surface area contributed by atoms with E-state index in [2.05, 4.69) is 4.98 Å². The van der Waals surface area contributed by atoms with Crippen molar-refractivity contribution in [3.05, 3.63) is 40.7 Å². The van der Waals surface area contributed by atoms with Crippen LogP contribution in [0.4, 0.5) is 0 Å². The van der Waals surface area contributed by atoms with E-state index in [-0.39, 0.29) is 11.7 Å². The fraction of sp³-hybridized carbons (Fsp3) is 0.333. The smallest absolute Gasteiger partial charge is 0.140 e. The number of thiazole rings is 1. The lowest BCUT2D eigenvalue weighted by Crippen LogP contribution is -2.16. The molecule has 0 aliphatic carbocycles. The van der Waals surface area contributed by atoms with Gasteiger partial charge >= 0.3 is 0 Å². The van der Waals surface area contributed by atoms with E-state index >= 15 is 0 Å². The lowest BCUT2D eigenvalue weighted by molar-refractivity contribution is -0.119. The number of nitrogens with zero attached hydrogens (tertiary/aromatic N) is 1. The van der Waals surface area contributed by atoms with Gasteiger partial charge in [-0.05, 0) is 12.5 Å². The molecule has 1 atom stereocenters. The third-order valence-corrected chi connectivity index (χ3v) is 3.80. The highest BCUT2D eigenvalue weighted by Crippen LogP contribution is 2.22. The minimum Gasteiger partial charge on any atom is -0.330 e. The molecule has 1 aromatic heterocycles. The van der Waals surface area contributed by atoms with Gasteiger partial charge in [0.15, 0.2) is 0 Å². The zero-order chi connectivity index (χ0) is 13.7. The number of ketones is 1. The molecule has 2 aromatic rings. The first-order valence-electron chi connectivity index (χ1n) is 6.40. The average Bonchev–Trinajstić information content (AvgIpc) is 2.88. The summed E-state index contributed by atoms with van der Waals surface area (Å²) in [7, 11) is 0. The van der Waals surface area contributed by atoms with Crippen molar-refractivity contribution in [3.63, 3.8) is 0 Å². The highest BCUT2D eigenvalue weighted by atomic mass is 32.1. The van der Waals surface area contributed by atoms with Crippen LogP contribution >= 0.6 is 11.3 Å². The van der Waals surface area contributed by atoms with Gasteiger partial charge in [0.2, 0.25) is 0 Å². The molecule has 0 aliphatic rings. The second kappa shape index (κ2) is 6.59. The Labute approximate surface area is 117 Å². The molecule has 0 spiro atoms. The molecule has 3 nitrogen and oxygen atoms in total. The standard InChI is InChI=1S/C15H18N2OS/c1-11(9-16)7-13(18)8-15-17-14(10-19-15)12-5-3-2-4-6-12/h2-6,10-11H,7-9,16H2,1H3. The Balaban J connectivity index is 2.00. The molecule has 19 heavy (non-hydrogen) atoms. The van der Waals surface area contributed by atoms with E-state index in [0.29, 0.717) is 19.4 Å². The van der Waals surface area contributed by atoms with E-state index in [0.717, 1.165) is 16.3 Å². The first-order valence-corrected chi connectivity index (χ1v) is 7.28. The van der Waals surface area contributed by atoms with E-state index in [1.165, 1.54) is 0 Å². The van der Waals surface area contributed by atoms with Gasteiger partial charge in [0, 0.05) is 17.4 Å². The summed E-state index contributed by atoms with van der Waals surface area (Å²) in [5, 5.41) is 2.89. The van der Waals surface area contributed by atoms with Crippen LogP contribution in [0.2, 0.25) is 0 Å². The van der Waals surface area contributed by atoms with Crippen molar-refractivity contribution < 1.29 is 4.79 Å².